The molecule has 1 aliphatic heterocycles. The van der Waals surface area contributed by atoms with E-state index in [0.717, 1.165) is 18.4 Å². The minimum atomic E-state index is -0.802. The average molecular weight is 273 g/mol. The molecule has 1 unspecified atom stereocenters. The number of allylic oxidation sites excluding steroid dienone is 2. The van der Waals surface area contributed by atoms with Crippen molar-refractivity contribution in [1.82, 2.24) is 5.32 Å². The lowest BCUT2D eigenvalue weighted by Crippen LogP contribution is -2.26. The maximum absolute atomic E-state index is 10.0. The zero-order valence-electron chi connectivity index (χ0n) is 12.2. The molecular weight excluding hydrogens is 250 g/mol. The summed E-state index contributed by atoms with van der Waals surface area (Å²) >= 11 is 0. The summed E-state index contributed by atoms with van der Waals surface area (Å²) in [5.74, 6) is 0. The normalized spacial score (nSPS) is 16.1. The van der Waals surface area contributed by atoms with Gasteiger partial charge >= 0.3 is 0 Å². The first-order valence-corrected chi connectivity index (χ1v) is 7.18. The lowest BCUT2D eigenvalue weighted by molar-refractivity contribution is -0.0687. The van der Waals surface area contributed by atoms with E-state index in [9.17, 15) is 5.11 Å². The molecule has 0 aliphatic carbocycles. The van der Waals surface area contributed by atoms with Crippen molar-refractivity contribution in [2.24, 2.45) is 0 Å². The Morgan fingerprint density at radius 3 is 2.85 bits per heavy atom. The van der Waals surface area contributed by atoms with E-state index in [0.29, 0.717) is 13.2 Å². The molecule has 0 saturated heterocycles. The molecule has 0 aromatic heterocycles. The molecule has 20 heavy (non-hydrogen) atoms. The minimum Gasteiger partial charge on any atom is -0.387 e. The Morgan fingerprint density at radius 1 is 1.30 bits per heavy atom. The standard InChI is InChI=1S/C17H23NO2/c1-3-20-17(19)16-12-18-11-10-15(16)9-8-14-7-5-4-6-13(14)2/h4-7,10-11,17-19H,3,8-9,12H2,1-2H3. The Kier molecular flexibility index (Phi) is 5.39. The minimum absolute atomic E-state index is 0.513. The second-order valence-electron chi connectivity index (χ2n) is 5.00. The van der Waals surface area contributed by atoms with Gasteiger partial charge in [-0.15, -0.1) is 0 Å². The lowest BCUT2D eigenvalue weighted by atomic mass is 9.96. The van der Waals surface area contributed by atoms with Crippen molar-refractivity contribution in [3.8, 4) is 0 Å². The van der Waals surface area contributed by atoms with Crippen molar-refractivity contribution in [2.45, 2.75) is 33.0 Å². The van der Waals surface area contributed by atoms with Gasteiger partial charge in [-0.1, -0.05) is 24.3 Å². The zero-order valence-corrected chi connectivity index (χ0v) is 12.2. The van der Waals surface area contributed by atoms with Gasteiger partial charge in [0.25, 0.3) is 0 Å². The molecule has 3 heteroatoms. The topological polar surface area (TPSA) is 41.5 Å². The Bertz CT molecular complexity index is 505. The fourth-order valence-electron chi connectivity index (χ4n) is 2.46. The summed E-state index contributed by atoms with van der Waals surface area (Å²) in [4.78, 5) is 0. The Balaban J connectivity index is 2.09. The second kappa shape index (κ2) is 7.27. The summed E-state index contributed by atoms with van der Waals surface area (Å²) in [6.45, 7) is 5.20. The highest BCUT2D eigenvalue weighted by Crippen LogP contribution is 2.21. The number of rotatable bonds is 6. The van der Waals surface area contributed by atoms with E-state index in [-0.39, 0.29) is 0 Å². The van der Waals surface area contributed by atoms with Crippen LogP contribution < -0.4 is 5.32 Å². The van der Waals surface area contributed by atoms with Gasteiger partial charge < -0.3 is 15.2 Å². The highest BCUT2D eigenvalue weighted by Gasteiger charge is 2.16. The molecule has 2 N–H and O–H groups in total. The van der Waals surface area contributed by atoms with Crippen LogP contribution in [0.1, 0.15) is 24.5 Å². The molecule has 2 rings (SSSR count). The maximum Gasteiger partial charge on any atom is 0.179 e. The Hall–Kier alpha value is -1.58. The number of aryl methyl sites for hydroxylation is 2. The van der Waals surface area contributed by atoms with Gasteiger partial charge in [-0.05, 0) is 55.7 Å². The molecule has 1 aromatic carbocycles. The molecule has 1 atom stereocenters. The van der Waals surface area contributed by atoms with Crippen LogP contribution >= 0.6 is 0 Å². The van der Waals surface area contributed by atoms with Crippen LogP contribution in [0.25, 0.3) is 0 Å². The molecule has 0 bridgehead atoms. The van der Waals surface area contributed by atoms with Gasteiger partial charge in [0.2, 0.25) is 0 Å². The summed E-state index contributed by atoms with van der Waals surface area (Å²) in [5.41, 5.74) is 4.80. The van der Waals surface area contributed by atoms with E-state index in [2.05, 4.69) is 36.5 Å². The maximum atomic E-state index is 10.0. The van der Waals surface area contributed by atoms with Crippen molar-refractivity contribution in [2.75, 3.05) is 13.2 Å². The number of hydrogen-bond donors (Lipinski definition) is 2. The van der Waals surface area contributed by atoms with E-state index in [1.165, 1.54) is 16.7 Å². The van der Waals surface area contributed by atoms with Crippen molar-refractivity contribution in [3.63, 3.8) is 0 Å². The molecule has 1 aliphatic rings. The molecule has 108 valence electrons. The lowest BCUT2D eigenvalue weighted by Gasteiger charge is -2.22. The number of hydrogen-bond acceptors (Lipinski definition) is 3. The van der Waals surface area contributed by atoms with Gasteiger partial charge in [0.15, 0.2) is 6.29 Å². The third-order valence-electron chi connectivity index (χ3n) is 3.65. The number of benzene rings is 1. The average Bonchev–Trinajstić information content (AvgIpc) is 2.47. The van der Waals surface area contributed by atoms with Crippen molar-refractivity contribution < 1.29 is 9.84 Å². The van der Waals surface area contributed by atoms with E-state index in [1.54, 1.807) is 0 Å². The molecule has 0 spiro atoms. The largest absolute Gasteiger partial charge is 0.387 e. The molecule has 0 saturated carbocycles. The number of aliphatic hydroxyl groups excluding tert-OH is 1. The number of dihydropyridines is 1. The summed E-state index contributed by atoms with van der Waals surface area (Å²) in [6, 6.07) is 8.44. The van der Waals surface area contributed by atoms with Crippen LogP contribution in [0.2, 0.25) is 0 Å². The third-order valence-corrected chi connectivity index (χ3v) is 3.65. The molecule has 1 aromatic rings. The Morgan fingerprint density at radius 2 is 2.10 bits per heavy atom. The van der Waals surface area contributed by atoms with Gasteiger partial charge in [-0.2, -0.15) is 0 Å². The van der Waals surface area contributed by atoms with Crippen LogP contribution in [-0.2, 0) is 11.2 Å². The van der Waals surface area contributed by atoms with Crippen molar-refractivity contribution in [3.05, 3.63) is 58.8 Å². The van der Waals surface area contributed by atoms with Gasteiger partial charge in [0.1, 0.15) is 0 Å². The van der Waals surface area contributed by atoms with Crippen LogP contribution in [0.3, 0.4) is 0 Å². The van der Waals surface area contributed by atoms with Gasteiger partial charge in [-0.25, -0.2) is 0 Å². The van der Waals surface area contributed by atoms with Crippen molar-refractivity contribution in [1.29, 1.82) is 0 Å². The van der Waals surface area contributed by atoms with Gasteiger partial charge in [-0.3, -0.25) is 0 Å². The predicted molar refractivity (Wildman–Crippen MR) is 81.3 cm³/mol. The van der Waals surface area contributed by atoms with Crippen LogP contribution in [0.15, 0.2) is 47.7 Å². The number of ether oxygens (including phenoxy) is 1. The smallest absolute Gasteiger partial charge is 0.179 e. The first kappa shape index (κ1) is 14.8. The van der Waals surface area contributed by atoms with Gasteiger partial charge in [0.05, 0.1) is 0 Å². The van der Waals surface area contributed by atoms with Crippen LogP contribution in [0.5, 0.6) is 0 Å². The number of aliphatic hydroxyl groups is 1. The quantitative estimate of drug-likeness (QED) is 0.783. The SMILES string of the molecule is CCOC(O)C1=C(CCc2ccccc2C)C=CNC1. The van der Waals surface area contributed by atoms with Crippen LogP contribution in [0, 0.1) is 6.92 Å². The zero-order chi connectivity index (χ0) is 14.4. The summed E-state index contributed by atoms with van der Waals surface area (Å²) < 4.78 is 5.31. The summed E-state index contributed by atoms with van der Waals surface area (Å²) in [5, 5.41) is 13.2. The molecular formula is C17H23NO2. The molecule has 1 heterocycles. The predicted octanol–water partition coefficient (Wildman–Crippen LogP) is 2.70. The number of nitrogens with one attached hydrogen (secondary N) is 1. The van der Waals surface area contributed by atoms with Crippen molar-refractivity contribution >= 4 is 0 Å². The van der Waals surface area contributed by atoms with E-state index in [1.807, 2.05) is 19.2 Å². The second-order valence-corrected chi connectivity index (χ2v) is 5.00. The van der Waals surface area contributed by atoms with Crippen LogP contribution in [0.4, 0.5) is 0 Å². The van der Waals surface area contributed by atoms with E-state index in [4.69, 9.17) is 4.74 Å². The monoisotopic (exact) mass is 273 g/mol. The molecule has 0 fully saturated rings. The fourth-order valence-corrected chi connectivity index (χ4v) is 2.46. The highest BCUT2D eigenvalue weighted by molar-refractivity contribution is 5.34. The molecule has 0 radical (unpaired) electrons. The Labute approximate surface area is 121 Å². The summed E-state index contributed by atoms with van der Waals surface area (Å²) in [7, 11) is 0. The van der Waals surface area contributed by atoms with E-state index >= 15 is 0 Å². The van der Waals surface area contributed by atoms with Gasteiger partial charge in [0, 0.05) is 18.7 Å². The third kappa shape index (κ3) is 3.71. The fraction of sp³-hybridized carbons (Fsp3) is 0.412. The van der Waals surface area contributed by atoms with E-state index < -0.39 is 6.29 Å². The molecule has 3 nitrogen and oxygen atoms in total. The molecule has 0 amide bonds. The highest BCUT2D eigenvalue weighted by atomic mass is 16.6. The first-order chi connectivity index (χ1) is 9.72. The summed E-state index contributed by atoms with van der Waals surface area (Å²) in [6.07, 6.45) is 5.08. The van der Waals surface area contributed by atoms with Crippen LogP contribution in [-0.4, -0.2) is 24.5 Å². The first-order valence-electron chi connectivity index (χ1n) is 7.18.